The standard InChI is InChI=1S/C18H21BrN4OS/c1-3-22(4-2)9-10-23-15-8-6-5-7-14(15)20-18(23)21-17(24)13-11-16(19)25-12-13/h5-8,11-12H,3-4,9-10H2,1-2H3,(H,20,21,24). The monoisotopic (exact) mass is 420 g/mol. The molecule has 0 bridgehead atoms. The van der Waals surface area contributed by atoms with Gasteiger partial charge in [-0.1, -0.05) is 26.0 Å². The van der Waals surface area contributed by atoms with E-state index in [-0.39, 0.29) is 5.91 Å². The molecule has 5 nitrogen and oxygen atoms in total. The summed E-state index contributed by atoms with van der Waals surface area (Å²) < 4.78 is 3.03. The van der Waals surface area contributed by atoms with E-state index >= 15 is 0 Å². The molecule has 1 amide bonds. The Hall–Kier alpha value is -1.70. The summed E-state index contributed by atoms with van der Waals surface area (Å²) in [5.41, 5.74) is 2.57. The number of rotatable bonds is 7. The van der Waals surface area contributed by atoms with Crippen LogP contribution in [0.25, 0.3) is 11.0 Å². The van der Waals surface area contributed by atoms with Crippen LogP contribution in [0.1, 0.15) is 24.2 Å². The maximum Gasteiger partial charge on any atom is 0.258 e. The van der Waals surface area contributed by atoms with Crippen molar-refractivity contribution in [3.63, 3.8) is 0 Å². The molecule has 1 aromatic carbocycles. The lowest BCUT2D eigenvalue weighted by atomic mass is 10.3. The van der Waals surface area contributed by atoms with E-state index < -0.39 is 0 Å². The number of fused-ring (bicyclic) bond motifs is 1. The molecule has 7 heteroatoms. The molecule has 0 spiro atoms. The number of imidazole rings is 1. The molecule has 0 atom stereocenters. The molecule has 1 N–H and O–H groups in total. The van der Waals surface area contributed by atoms with Gasteiger partial charge in [-0.25, -0.2) is 4.98 Å². The Balaban J connectivity index is 1.88. The van der Waals surface area contributed by atoms with Gasteiger partial charge in [0.2, 0.25) is 5.95 Å². The Morgan fingerprint density at radius 2 is 2.08 bits per heavy atom. The van der Waals surface area contributed by atoms with Gasteiger partial charge in [0.1, 0.15) is 0 Å². The molecule has 0 fully saturated rings. The summed E-state index contributed by atoms with van der Waals surface area (Å²) in [5, 5.41) is 4.81. The van der Waals surface area contributed by atoms with Gasteiger partial charge >= 0.3 is 0 Å². The highest BCUT2D eigenvalue weighted by atomic mass is 79.9. The molecule has 25 heavy (non-hydrogen) atoms. The number of anilines is 1. The van der Waals surface area contributed by atoms with E-state index in [2.05, 4.69) is 49.5 Å². The molecule has 3 rings (SSSR count). The molecule has 0 saturated heterocycles. The zero-order valence-electron chi connectivity index (χ0n) is 14.3. The first-order chi connectivity index (χ1) is 12.1. The van der Waals surface area contributed by atoms with Gasteiger partial charge in [0.05, 0.1) is 20.4 Å². The van der Waals surface area contributed by atoms with Gasteiger partial charge in [-0.05, 0) is 47.2 Å². The van der Waals surface area contributed by atoms with Crippen LogP contribution in [0.15, 0.2) is 39.5 Å². The Kier molecular flexibility index (Phi) is 5.88. The predicted octanol–water partition coefficient (Wildman–Crippen LogP) is 4.45. The fourth-order valence-electron chi connectivity index (χ4n) is 2.78. The fourth-order valence-corrected chi connectivity index (χ4v) is 3.92. The van der Waals surface area contributed by atoms with E-state index in [0.717, 1.165) is 41.0 Å². The van der Waals surface area contributed by atoms with E-state index in [0.29, 0.717) is 11.5 Å². The van der Waals surface area contributed by atoms with Crippen molar-refractivity contribution in [2.24, 2.45) is 0 Å². The number of para-hydroxylation sites is 2. The first kappa shape index (κ1) is 18.1. The second kappa shape index (κ2) is 8.12. The molecule has 132 valence electrons. The lowest BCUT2D eigenvalue weighted by Crippen LogP contribution is -2.27. The van der Waals surface area contributed by atoms with E-state index in [1.54, 1.807) is 0 Å². The second-order valence-electron chi connectivity index (χ2n) is 5.70. The second-order valence-corrected chi connectivity index (χ2v) is 7.99. The summed E-state index contributed by atoms with van der Waals surface area (Å²) in [4.78, 5) is 19.5. The van der Waals surface area contributed by atoms with Crippen LogP contribution in [0.3, 0.4) is 0 Å². The van der Waals surface area contributed by atoms with Gasteiger partial charge < -0.3 is 9.47 Å². The van der Waals surface area contributed by atoms with Crippen molar-refractivity contribution in [1.29, 1.82) is 0 Å². The van der Waals surface area contributed by atoms with Gasteiger partial charge in [-0.2, -0.15) is 0 Å². The molecule has 0 unspecified atom stereocenters. The van der Waals surface area contributed by atoms with E-state index in [1.165, 1.54) is 11.3 Å². The van der Waals surface area contributed by atoms with Crippen LogP contribution in [-0.2, 0) is 6.54 Å². The summed E-state index contributed by atoms with van der Waals surface area (Å²) in [7, 11) is 0. The minimum Gasteiger partial charge on any atom is -0.309 e. The summed E-state index contributed by atoms with van der Waals surface area (Å²) in [6.07, 6.45) is 0. The molecule has 2 heterocycles. The molecular formula is C18H21BrN4OS. The zero-order valence-corrected chi connectivity index (χ0v) is 16.7. The third-order valence-corrected chi connectivity index (χ3v) is 5.75. The molecule has 0 aliphatic heterocycles. The van der Waals surface area contributed by atoms with E-state index in [4.69, 9.17) is 0 Å². The number of nitrogens with one attached hydrogen (secondary N) is 1. The van der Waals surface area contributed by atoms with Crippen molar-refractivity contribution >= 4 is 50.2 Å². The Bertz CT molecular complexity index is 869. The number of amides is 1. The number of aromatic nitrogens is 2. The third-order valence-electron chi connectivity index (χ3n) is 4.24. The highest BCUT2D eigenvalue weighted by Gasteiger charge is 2.15. The lowest BCUT2D eigenvalue weighted by Gasteiger charge is -2.19. The summed E-state index contributed by atoms with van der Waals surface area (Å²) in [5.74, 6) is 0.460. The summed E-state index contributed by atoms with van der Waals surface area (Å²) >= 11 is 4.89. The fraction of sp³-hybridized carbons (Fsp3) is 0.333. The molecule has 0 radical (unpaired) electrons. The van der Waals surface area contributed by atoms with Crippen molar-refractivity contribution in [1.82, 2.24) is 14.5 Å². The highest BCUT2D eigenvalue weighted by molar-refractivity contribution is 9.11. The quantitative estimate of drug-likeness (QED) is 0.613. The van der Waals surface area contributed by atoms with Crippen molar-refractivity contribution in [2.45, 2.75) is 20.4 Å². The van der Waals surface area contributed by atoms with Gasteiger partial charge in [0.15, 0.2) is 0 Å². The maximum atomic E-state index is 12.5. The maximum absolute atomic E-state index is 12.5. The summed E-state index contributed by atoms with van der Waals surface area (Å²) in [6, 6.07) is 9.80. The molecule has 3 aromatic rings. The van der Waals surface area contributed by atoms with Crippen molar-refractivity contribution in [2.75, 3.05) is 25.0 Å². The van der Waals surface area contributed by atoms with Crippen LogP contribution >= 0.6 is 27.3 Å². The number of nitrogens with zero attached hydrogens (tertiary/aromatic N) is 3. The Labute approximate surface area is 159 Å². The van der Waals surface area contributed by atoms with Crippen LogP contribution in [0.4, 0.5) is 5.95 Å². The summed E-state index contributed by atoms with van der Waals surface area (Å²) in [6.45, 7) is 8.03. The molecular weight excluding hydrogens is 400 g/mol. The van der Waals surface area contributed by atoms with Crippen LogP contribution in [0.2, 0.25) is 0 Å². The first-order valence-corrected chi connectivity index (χ1v) is 10.0. The van der Waals surface area contributed by atoms with Crippen LogP contribution < -0.4 is 5.32 Å². The zero-order chi connectivity index (χ0) is 17.8. The van der Waals surface area contributed by atoms with Crippen LogP contribution in [0, 0.1) is 0 Å². The van der Waals surface area contributed by atoms with Crippen molar-refractivity contribution < 1.29 is 4.79 Å². The van der Waals surface area contributed by atoms with Crippen molar-refractivity contribution in [3.8, 4) is 0 Å². The number of hydrogen-bond donors (Lipinski definition) is 1. The number of benzene rings is 1. The van der Waals surface area contributed by atoms with Gasteiger partial charge in [0.25, 0.3) is 5.91 Å². The number of carbonyl (C=O) groups excluding carboxylic acids is 1. The average Bonchev–Trinajstić information content (AvgIpc) is 3.20. The minimum absolute atomic E-state index is 0.138. The normalized spacial score (nSPS) is 11.4. The molecule has 0 aliphatic carbocycles. The van der Waals surface area contributed by atoms with Gasteiger partial charge in [-0.3, -0.25) is 10.1 Å². The number of likely N-dealkylation sites (N-methyl/N-ethyl adjacent to an activating group) is 1. The topological polar surface area (TPSA) is 50.2 Å². The van der Waals surface area contributed by atoms with Crippen LogP contribution in [-0.4, -0.2) is 40.0 Å². The van der Waals surface area contributed by atoms with E-state index in [9.17, 15) is 4.79 Å². The highest BCUT2D eigenvalue weighted by Crippen LogP contribution is 2.23. The Morgan fingerprint density at radius 3 is 2.76 bits per heavy atom. The SMILES string of the molecule is CCN(CC)CCn1c(NC(=O)c2csc(Br)c2)nc2ccccc21. The number of thiophene rings is 1. The largest absolute Gasteiger partial charge is 0.309 e. The number of carbonyl (C=O) groups is 1. The van der Waals surface area contributed by atoms with Gasteiger partial charge in [-0.15, -0.1) is 11.3 Å². The van der Waals surface area contributed by atoms with Crippen molar-refractivity contribution in [3.05, 3.63) is 45.1 Å². The Morgan fingerprint density at radius 1 is 1.32 bits per heavy atom. The minimum atomic E-state index is -0.138. The molecule has 0 saturated carbocycles. The lowest BCUT2D eigenvalue weighted by molar-refractivity contribution is 0.102. The predicted molar refractivity (Wildman–Crippen MR) is 107 cm³/mol. The number of halogens is 1. The van der Waals surface area contributed by atoms with Crippen LogP contribution in [0.5, 0.6) is 0 Å². The van der Waals surface area contributed by atoms with E-state index in [1.807, 2.05) is 35.7 Å². The smallest absolute Gasteiger partial charge is 0.258 e. The van der Waals surface area contributed by atoms with Gasteiger partial charge in [0, 0.05) is 18.5 Å². The molecule has 0 aliphatic rings. The number of hydrogen-bond acceptors (Lipinski definition) is 4. The average molecular weight is 421 g/mol. The molecule has 2 aromatic heterocycles. The third kappa shape index (κ3) is 4.11. The first-order valence-electron chi connectivity index (χ1n) is 8.35.